The Labute approximate surface area is 126 Å². The van der Waals surface area contributed by atoms with Gasteiger partial charge in [-0.15, -0.1) is 0 Å². The molecule has 1 atom stereocenters. The number of rotatable bonds is 4. The number of aliphatic hydroxyl groups excluding tert-OH is 1. The molecule has 0 saturated carbocycles. The summed E-state index contributed by atoms with van der Waals surface area (Å²) in [6, 6.07) is 3.41. The minimum atomic E-state index is -3.50. The van der Waals surface area contributed by atoms with Crippen LogP contribution in [0.3, 0.4) is 0 Å². The SMILES string of the molecule is Cc1cc(N)cc(C)c1S(=O)(=O)N1CCCC(CCO)C1. The largest absolute Gasteiger partial charge is 0.399 e. The van der Waals surface area contributed by atoms with Crippen LogP contribution in [0.1, 0.15) is 30.4 Å². The number of aryl methyl sites for hydroxylation is 2. The van der Waals surface area contributed by atoms with E-state index in [9.17, 15) is 8.42 Å². The maximum absolute atomic E-state index is 12.9. The zero-order chi connectivity index (χ0) is 15.6. The van der Waals surface area contributed by atoms with Crippen molar-refractivity contribution in [2.75, 3.05) is 25.4 Å². The average molecular weight is 312 g/mol. The molecule has 1 aromatic rings. The van der Waals surface area contributed by atoms with Gasteiger partial charge in [-0.25, -0.2) is 8.42 Å². The number of anilines is 1. The van der Waals surface area contributed by atoms with Crippen molar-refractivity contribution in [3.05, 3.63) is 23.3 Å². The van der Waals surface area contributed by atoms with Crippen molar-refractivity contribution in [3.8, 4) is 0 Å². The normalized spacial score (nSPS) is 20.6. The summed E-state index contributed by atoms with van der Waals surface area (Å²) in [5.74, 6) is 0.243. The van der Waals surface area contributed by atoms with Crippen LogP contribution in [0.15, 0.2) is 17.0 Å². The summed E-state index contributed by atoms with van der Waals surface area (Å²) in [5, 5.41) is 9.06. The number of nitrogen functional groups attached to an aromatic ring is 1. The number of aliphatic hydroxyl groups is 1. The number of piperidine rings is 1. The molecule has 21 heavy (non-hydrogen) atoms. The zero-order valence-electron chi connectivity index (χ0n) is 12.7. The van der Waals surface area contributed by atoms with Crippen molar-refractivity contribution in [1.82, 2.24) is 4.31 Å². The van der Waals surface area contributed by atoms with Crippen molar-refractivity contribution in [1.29, 1.82) is 0 Å². The van der Waals surface area contributed by atoms with Gasteiger partial charge in [0.25, 0.3) is 0 Å². The van der Waals surface area contributed by atoms with E-state index < -0.39 is 10.0 Å². The van der Waals surface area contributed by atoms with Crippen LogP contribution in [0, 0.1) is 19.8 Å². The molecule has 1 aliphatic heterocycles. The van der Waals surface area contributed by atoms with E-state index >= 15 is 0 Å². The molecule has 1 heterocycles. The van der Waals surface area contributed by atoms with Crippen LogP contribution in [0.2, 0.25) is 0 Å². The topological polar surface area (TPSA) is 83.6 Å². The Morgan fingerprint density at radius 3 is 2.52 bits per heavy atom. The third-order valence-electron chi connectivity index (χ3n) is 4.10. The van der Waals surface area contributed by atoms with Crippen molar-refractivity contribution in [3.63, 3.8) is 0 Å². The molecule has 1 aromatic carbocycles. The van der Waals surface area contributed by atoms with E-state index in [0.717, 1.165) is 12.8 Å². The minimum Gasteiger partial charge on any atom is -0.399 e. The summed E-state index contributed by atoms with van der Waals surface area (Å²) >= 11 is 0. The molecule has 0 radical (unpaired) electrons. The third-order valence-corrected chi connectivity index (χ3v) is 6.27. The Bertz CT molecular complexity index is 588. The fourth-order valence-corrected chi connectivity index (χ4v) is 5.15. The molecule has 1 fully saturated rings. The molecule has 0 spiro atoms. The van der Waals surface area contributed by atoms with Gasteiger partial charge in [-0.2, -0.15) is 4.31 Å². The minimum absolute atomic E-state index is 0.110. The second-order valence-corrected chi connectivity index (χ2v) is 7.74. The van der Waals surface area contributed by atoms with E-state index in [4.69, 9.17) is 10.8 Å². The van der Waals surface area contributed by atoms with Crippen LogP contribution in [0.25, 0.3) is 0 Å². The molecule has 118 valence electrons. The van der Waals surface area contributed by atoms with Crippen LogP contribution in [-0.4, -0.2) is 37.5 Å². The van der Waals surface area contributed by atoms with E-state index in [-0.39, 0.29) is 12.5 Å². The molecular formula is C15H24N2O3S. The van der Waals surface area contributed by atoms with Gasteiger partial charge in [0, 0.05) is 25.4 Å². The number of nitrogens with zero attached hydrogens (tertiary/aromatic N) is 1. The summed E-state index contributed by atoms with van der Waals surface area (Å²) in [6.45, 7) is 4.72. The van der Waals surface area contributed by atoms with Crippen LogP contribution in [0.5, 0.6) is 0 Å². The third kappa shape index (κ3) is 3.39. The van der Waals surface area contributed by atoms with Crippen LogP contribution >= 0.6 is 0 Å². The first kappa shape index (κ1) is 16.3. The Hall–Kier alpha value is -1.11. The predicted molar refractivity (Wildman–Crippen MR) is 83.5 cm³/mol. The maximum Gasteiger partial charge on any atom is 0.243 e. The molecule has 0 bridgehead atoms. The number of hydrogen-bond acceptors (Lipinski definition) is 4. The first-order valence-corrected chi connectivity index (χ1v) is 8.78. The van der Waals surface area contributed by atoms with Gasteiger partial charge in [0.05, 0.1) is 4.90 Å². The highest BCUT2D eigenvalue weighted by molar-refractivity contribution is 7.89. The lowest BCUT2D eigenvalue weighted by molar-refractivity contribution is 0.203. The highest BCUT2D eigenvalue weighted by Gasteiger charge is 2.32. The molecule has 2 rings (SSSR count). The average Bonchev–Trinajstić information content (AvgIpc) is 2.37. The van der Waals surface area contributed by atoms with Crippen molar-refractivity contribution in [2.45, 2.75) is 38.0 Å². The quantitative estimate of drug-likeness (QED) is 0.828. The van der Waals surface area contributed by atoms with Gasteiger partial charge in [-0.05, 0) is 62.3 Å². The number of nitrogens with two attached hydrogens (primary N) is 1. The van der Waals surface area contributed by atoms with E-state index in [1.54, 1.807) is 30.3 Å². The van der Waals surface area contributed by atoms with E-state index in [0.29, 0.717) is 41.2 Å². The van der Waals surface area contributed by atoms with Gasteiger partial charge in [-0.1, -0.05) is 0 Å². The summed E-state index contributed by atoms with van der Waals surface area (Å²) in [4.78, 5) is 0.376. The van der Waals surface area contributed by atoms with Crippen LogP contribution in [-0.2, 0) is 10.0 Å². The van der Waals surface area contributed by atoms with Crippen LogP contribution in [0.4, 0.5) is 5.69 Å². The van der Waals surface area contributed by atoms with Crippen molar-refractivity contribution >= 4 is 15.7 Å². The molecule has 0 amide bonds. The number of benzene rings is 1. The highest BCUT2D eigenvalue weighted by atomic mass is 32.2. The lowest BCUT2D eigenvalue weighted by atomic mass is 9.97. The fourth-order valence-electron chi connectivity index (χ4n) is 3.18. The molecule has 0 aromatic heterocycles. The number of hydrogen-bond donors (Lipinski definition) is 2. The van der Waals surface area contributed by atoms with Gasteiger partial charge < -0.3 is 10.8 Å². The smallest absolute Gasteiger partial charge is 0.243 e. The zero-order valence-corrected chi connectivity index (χ0v) is 13.5. The predicted octanol–water partition coefficient (Wildman–Crippen LogP) is 1.67. The summed E-state index contributed by atoms with van der Waals surface area (Å²) in [5.41, 5.74) is 7.74. The second-order valence-electron chi connectivity index (χ2n) is 5.87. The van der Waals surface area contributed by atoms with Gasteiger partial charge in [0.15, 0.2) is 0 Å². The molecular weight excluding hydrogens is 288 g/mol. The molecule has 1 unspecified atom stereocenters. The lowest BCUT2D eigenvalue weighted by Crippen LogP contribution is -2.40. The van der Waals surface area contributed by atoms with E-state index in [1.807, 2.05) is 0 Å². The summed E-state index contributed by atoms with van der Waals surface area (Å²) < 4.78 is 27.4. The molecule has 3 N–H and O–H groups in total. The number of sulfonamides is 1. The Kier molecular flexibility index (Phi) is 4.91. The van der Waals surface area contributed by atoms with Crippen molar-refractivity contribution in [2.24, 2.45) is 5.92 Å². The first-order valence-electron chi connectivity index (χ1n) is 7.34. The van der Waals surface area contributed by atoms with E-state index in [2.05, 4.69) is 0 Å². The van der Waals surface area contributed by atoms with Gasteiger partial charge >= 0.3 is 0 Å². The second kappa shape index (κ2) is 6.34. The highest BCUT2D eigenvalue weighted by Crippen LogP contribution is 2.30. The fraction of sp³-hybridized carbons (Fsp3) is 0.600. The molecule has 1 saturated heterocycles. The molecule has 1 aliphatic rings. The standard InChI is InChI=1S/C15H24N2O3S/c1-11-8-14(16)9-12(2)15(11)21(19,20)17-6-3-4-13(10-17)5-7-18/h8-9,13,18H,3-7,10,16H2,1-2H3. The molecule has 6 heteroatoms. The lowest BCUT2D eigenvalue weighted by Gasteiger charge is -2.32. The molecule has 5 nitrogen and oxygen atoms in total. The summed E-state index contributed by atoms with van der Waals surface area (Å²) in [7, 11) is -3.50. The summed E-state index contributed by atoms with van der Waals surface area (Å²) in [6.07, 6.45) is 2.48. The van der Waals surface area contributed by atoms with E-state index in [1.165, 1.54) is 0 Å². The van der Waals surface area contributed by atoms with Gasteiger partial charge in [0.1, 0.15) is 0 Å². The Morgan fingerprint density at radius 1 is 1.33 bits per heavy atom. The van der Waals surface area contributed by atoms with Gasteiger partial charge in [-0.3, -0.25) is 0 Å². The Morgan fingerprint density at radius 2 is 1.95 bits per heavy atom. The van der Waals surface area contributed by atoms with Gasteiger partial charge in [0.2, 0.25) is 10.0 Å². The maximum atomic E-state index is 12.9. The Balaban J connectivity index is 2.34. The van der Waals surface area contributed by atoms with Crippen molar-refractivity contribution < 1.29 is 13.5 Å². The molecule has 0 aliphatic carbocycles. The van der Waals surface area contributed by atoms with Crippen LogP contribution < -0.4 is 5.73 Å². The first-order chi connectivity index (χ1) is 9.86. The monoisotopic (exact) mass is 312 g/mol.